The molecular formula is C19H23NO4. The lowest BCUT2D eigenvalue weighted by Crippen LogP contribution is -2.30. The monoisotopic (exact) mass is 329 g/mol. The molecule has 0 aromatic heterocycles. The summed E-state index contributed by atoms with van der Waals surface area (Å²) in [5.41, 5.74) is 1.14. The summed E-state index contributed by atoms with van der Waals surface area (Å²) < 4.78 is 16.1. The van der Waals surface area contributed by atoms with Crippen molar-refractivity contribution in [3.63, 3.8) is 0 Å². The fourth-order valence-corrected chi connectivity index (χ4v) is 2.18. The second kappa shape index (κ2) is 9.45. The smallest absolute Gasteiger partial charge is 0.257 e. The maximum absolute atomic E-state index is 11.9. The molecule has 0 aliphatic carbocycles. The summed E-state index contributed by atoms with van der Waals surface area (Å²) >= 11 is 0. The molecule has 0 saturated heterocycles. The molecule has 2 aromatic carbocycles. The zero-order valence-corrected chi connectivity index (χ0v) is 14.1. The maximum Gasteiger partial charge on any atom is 0.257 e. The van der Waals surface area contributed by atoms with Crippen LogP contribution in [0.3, 0.4) is 0 Å². The van der Waals surface area contributed by atoms with E-state index in [9.17, 15) is 4.79 Å². The molecule has 5 heteroatoms. The van der Waals surface area contributed by atoms with Gasteiger partial charge in [0.15, 0.2) is 18.1 Å². The van der Waals surface area contributed by atoms with E-state index in [1.165, 1.54) is 0 Å². The Morgan fingerprint density at radius 2 is 1.67 bits per heavy atom. The van der Waals surface area contributed by atoms with Crippen LogP contribution in [0.5, 0.6) is 17.2 Å². The second-order valence-corrected chi connectivity index (χ2v) is 5.12. The third-order valence-corrected chi connectivity index (χ3v) is 3.40. The van der Waals surface area contributed by atoms with Gasteiger partial charge >= 0.3 is 0 Å². The van der Waals surface area contributed by atoms with E-state index in [-0.39, 0.29) is 12.5 Å². The van der Waals surface area contributed by atoms with Crippen LogP contribution in [0.25, 0.3) is 0 Å². The summed E-state index contributed by atoms with van der Waals surface area (Å²) in [5, 5.41) is 2.85. The summed E-state index contributed by atoms with van der Waals surface area (Å²) in [6.07, 6.45) is 0.755. The van der Waals surface area contributed by atoms with E-state index in [4.69, 9.17) is 14.2 Å². The number of benzene rings is 2. The molecule has 2 aromatic rings. The van der Waals surface area contributed by atoms with E-state index in [1.54, 1.807) is 13.2 Å². The van der Waals surface area contributed by atoms with Gasteiger partial charge in [0.05, 0.1) is 13.7 Å². The Balaban J connectivity index is 1.73. The summed E-state index contributed by atoms with van der Waals surface area (Å²) in [7, 11) is 1.64. The highest BCUT2D eigenvalue weighted by atomic mass is 16.5. The fourth-order valence-electron chi connectivity index (χ4n) is 2.18. The molecule has 0 unspecified atom stereocenters. The van der Waals surface area contributed by atoms with Crippen molar-refractivity contribution in [3.8, 4) is 17.2 Å². The molecule has 0 bridgehead atoms. The number of para-hydroxylation sites is 2. The topological polar surface area (TPSA) is 56.8 Å². The van der Waals surface area contributed by atoms with Gasteiger partial charge in [0.2, 0.25) is 0 Å². The van der Waals surface area contributed by atoms with Crippen LogP contribution >= 0.6 is 0 Å². The van der Waals surface area contributed by atoms with Crippen molar-refractivity contribution in [2.45, 2.75) is 13.3 Å². The molecule has 1 N–H and O–H groups in total. The largest absolute Gasteiger partial charge is 0.497 e. The number of rotatable bonds is 9. The molecule has 0 heterocycles. The highest BCUT2D eigenvalue weighted by molar-refractivity contribution is 5.77. The molecule has 1 amide bonds. The minimum absolute atomic E-state index is 0.0350. The number of carbonyl (C=O) groups excluding carboxylic acids is 1. The lowest BCUT2D eigenvalue weighted by molar-refractivity contribution is -0.123. The van der Waals surface area contributed by atoms with Crippen LogP contribution in [0.2, 0.25) is 0 Å². The normalized spacial score (nSPS) is 10.1. The predicted molar refractivity (Wildman–Crippen MR) is 92.8 cm³/mol. The average molecular weight is 329 g/mol. The number of ether oxygens (including phenoxy) is 3. The first kappa shape index (κ1) is 17.7. The average Bonchev–Trinajstić information content (AvgIpc) is 2.62. The van der Waals surface area contributed by atoms with Crippen molar-refractivity contribution in [2.75, 3.05) is 26.9 Å². The lowest BCUT2D eigenvalue weighted by Gasteiger charge is -2.11. The summed E-state index contributed by atoms with van der Waals surface area (Å²) in [6, 6.07) is 15.1. The van der Waals surface area contributed by atoms with Gasteiger partial charge in [-0.15, -0.1) is 0 Å². The Morgan fingerprint density at radius 3 is 2.29 bits per heavy atom. The first-order valence-electron chi connectivity index (χ1n) is 7.97. The van der Waals surface area contributed by atoms with E-state index in [2.05, 4.69) is 5.32 Å². The Labute approximate surface area is 142 Å². The van der Waals surface area contributed by atoms with Crippen LogP contribution < -0.4 is 19.5 Å². The number of nitrogens with one attached hydrogen (secondary N) is 1. The number of methoxy groups -OCH3 is 1. The van der Waals surface area contributed by atoms with Crippen LogP contribution in [-0.4, -0.2) is 32.8 Å². The molecule has 0 fully saturated rings. The van der Waals surface area contributed by atoms with Crippen LogP contribution in [0.1, 0.15) is 12.5 Å². The third kappa shape index (κ3) is 5.50. The van der Waals surface area contributed by atoms with E-state index in [0.717, 1.165) is 17.7 Å². The summed E-state index contributed by atoms with van der Waals surface area (Å²) in [5.74, 6) is 1.88. The first-order valence-corrected chi connectivity index (χ1v) is 7.97. The van der Waals surface area contributed by atoms with Gasteiger partial charge in [-0.1, -0.05) is 24.3 Å². The standard InChI is InChI=1S/C19H23NO4/c1-3-23-17-6-4-5-7-18(17)24-14-19(21)20-13-12-15-8-10-16(22-2)11-9-15/h4-11H,3,12-14H2,1-2H3,(H,20,21). The van der Waals surface area contributed by atoms with E-state index in [0.29, 0.717) is 24.7 Å². The summed E-state index contributed by atoms with van der Waals surface area (Å²) in [4.78, 5) is 11.9. The van der Waals surface area contributed by atoms with E-state index >= 15 is 0 Å². The van der Waals surface area contributed by atoms with Gasteiger partial charge < -0.3 is 19.5 Å². The van der Waals surface area contributed by atoms with Crippen LogP contribution in [-0.2, 0) is 11.2 Å². The number of carbonyl (C=O) groups is 1. The zero-order chi connectivity index (χ0) is 17.2. The van der Waals surface area contributed by atoms with Gasteiger partial charge in [0.25, 0.3) is 5.91 Å². The summed E-state index contributed by atoms with van der Waals surface area (Å²) in [6.45, 7) is 2.98. The van der Waals surface area contributed by atoms with Crippen molar-refractivity contribution in [1.82, 2.24) is 5.32 Å². The molecule has 0 aliphatic rings. The fraction of sp³-hybridized carbons (Fsp3) is 0.316. The minimum atomic E-state index is -0.158. The SMILES string of the molecule is CCOc1ccccc1OCC(=O)NCCc1ccc(OC)cc1. The minimum Gasteiger partial charge on any atom is -0.497 e. The molecular weight excluding hydrogens is 306 g/mol. The Hall–Kier alpha value is -2.69. The zero-order valence-electron chi connectivity index (χ0n) is 14.1. The van der Waals surface area contributed by atoms with E-state index in [1.807, 2.05) is 49.4 Å². The molecule has 2 rings (SSSR count). The van der Waals surface area contributed by atoms with Gasteiger partial charge in [0, 0.05) is 6.54 Å². The lowest BCUT2D eigenvalue weighted by atomic mass is 10.1. The highest BCUT2D eigenvalue weighted by Gasteiger charge is 2.07. The van der Waals surface area contributed by atoms with Crippen LogP contribution in [0, 0.1) is 0 Å². The quantitative estimate of drug-likeness (QED) is 0.768. The van der Waals surface area contributed by atoms with Crippen molar-refractivity contribution >= 4 is 5.91 Å². The Kier molecular flexibility index (Phi) is 6.95. The van der Waals surface area contributed by atoms with Crippen LogP contribution in [0.15, 0.2) is 48.5 Å². The molecule has 0 aliphatic heterocycles. The molecule has 5 nitrogen and oxygen atoms in total. The van der Waals surface area contributed by atoms with Gasteiger partial charge in [-0.25, -0.2) is 0 Å². The molecule has 0 radical (unpaired) electrons. The maximum atomic E-state index is 11.9. The predicted octanol–water partition coefficient (Wildman–Crippen LogP) is 2.83. The molecule has 24 heavy (non-hydrogen) atoms. The Bertz CT molecular complexity index is 640. The molecule has 128 valence electrons. The number of hydrogen-bond acceptors (Lipinski definition) is 4. The highest BCUT2D eigenvalue weighted by Crippen LogP contribution is 2.26. The van der Waals surface area contributed by atoms with Crippen molar-refractivity contribution < 1.29 is 19.0 Å². The van der Waals surface area contributed by atoms with E-state index < -0.39 is 0 Å². The number of hydrogen-bond donors (Lipinski definition) is 1. The third-order valence-electron chi connectivity index (χ3n) is 3.40. The Morgan fingerprint density at radius 1 is 1.00 bits per heavy atom. The van der Waals surface area contributed by atoms with Gasteiger partial charge in [0.1, 0.15) is 5.75 Å². The molecule has 0 spiro atoms. The number of amides is 1. The van der Waals surface area contributed by atoms with Gasteiger partial charge in [-0.3, -0.25) is 4.79 Å². The molecule has 0 atom stereocenters. The van der Waals surface area contributed by atoms with Gasteiger partial charge in [-0.2, -0.15) is 0 Å². The van der Waals surface area contributed by atoms with Crippen molar-refractivity contribution in [3.05, 3.63) is 54.1 Å². The second-order valence-electron chi connectivity index (χ2n) is 5.12. The van der Waals surface area contributed by atoms with Crippen molar-refractivity contribution in [1.29, 1.82) is 0 Å². The van der Waals surface area contributed by atoms with Gasteiger partial charge in [-0.05, 0) is 43.2 Å². The van der Waals surface area contributed by atoms with Crippen LogP contribution in [0.4, 0.5) is 0 Å². The first-order chi connectivity index (χ1) is 11.7. The molecule has 0 saturated carbocycles. The van der Waals surface area contributed by atoms with Crippen molar-refractivity contribution in [2.24, 2.45) is 0 Å².